The summed E-state index contributed by atoms with van der Waals surface area (Å²) in [5.41, 5.74) is 2.66. The predicted molar refractivity (Wildman–Crippen MR) is 108 cm³/mol. The van der Waals surface area contributed by atoms with E-state index < -0.39 is 0 Å². The summed E-state index contributed by atoms with van der Waals surface area (Å²) in [5, 5.41) is 8.29. The molecule has 0 unspecified atom stereocenters. The molecular formula is C19H18FN7S. The zero-order valence-electron chi connectivity index (χ0n) is 15.3. The Labute approximate surface area is 165 Å². The van der Waals surface area contributed by atoms with E-state index in [2.05, 4.69) is 24.9 Å². The van der Waals surface area contributed by atoms with Crippen LogP contribution in [-0.4, -0.2) is 50.9 Å². The number of rotatable bonds is 3. The van der Waals surface area contributed by atoms with E-state index in [-0.39, 0.29) is 5.82 Å². The van der Waals surface area contributed by atoms with Crippen molar-refractivity contribution >= 4 is 33.3 Å². The molecule has 1 fully saturated rings. The lowest BCUT2D eigenvalue weighted by atomic mass is 10.2. The van der Waals surface area contributed by atoms with Gasteiger partial charge in [-0.05, 0) is 24.3 Å². The molecular weight excluding hydrogens is 377 g/mol. The predicted octanol–water partition coefficient (Wildman–Crippen LogP) is 2.95. The summed E-state index contributed by atoms with van der Waals surface area (Å²) in [6, 6.07) is 6.46. The maximum absolute atomic E-state index is 13.1. The minimum Gasteiger partial charge on any atom is -0.352 e. The molecule has 0 radical (unpaired) electrons. The summed E-state index contributed by atoms with van der Waals surface area (Å²) in [6.07, 6.45) is 3.42. The maximum atomic E-state index is 13.1. The number of benzene rings is 1. The first-order chi connectivity index (χ1) is 13.7. The Hall–Kier alpha value is -3.07. The van der Waals surface area contributed by atoms with Gasteiger partial charge < -0.3 is 9.80 Å². The monoisotopic (exact) mass is 395 g/mol. The van der Waals surface area contributed by atoms with Crippen LogP contribution in [0.3, 0.4) is 0 Å². The number of anilines is 2. The fourth-order valence-corrected chi connectivity index (χ4v) is 4.36. The molecule has 1 aliphatic rings. The molecule has 0 amide bonds. The molecule has 4 aromatic rings. The molecule has 9 heteroatoms. The Morgan fingerprint density at radius 2 is 1.75 bits per heavy atom. The van der Waals surface area contributed by atoms with Gasteiger partial charge in [0.05, 0.1) is 17.3 Å². The second kappa shape index (κ2) is 6.83. The third kappa shape index (κ3) is 2.97. The van der Waals surface area contributed by atoms with Gasteiger partial charge in [-0.2, -0.15) is 5.10 Å². The van der Waals surface area contributed by atoms with Crippen LogP contribution in [0.4, 0.5) is 15.3 Å². The van der Waals surface area contributed by atoms with Crippen molar-refractivity contribution in [1.82, 2.24) is 24.7 Å². The van der Waals surface area contributed by atoms with E-state index in [0.717, 1.165) is 59.4 Å². The molecule has 142 valence electrons. The Morgan fingerprint density at radius 3 is 2.54 bits per heavy atom. The van der Waals surface area contributed by atoms with Crippen molar-refractivity contribution < 1.29 is 4.39 Å². The molecule has 4 heterocycles. The highest BCUT2D eigenvalue weighted by atomic mass is 32.1. The smallest absolute Gasteiger partial charge is 0.185 e. The Morgan fingerprint density at radius 1 is 1.00 bits per heavy atom. The van der Waals surface area contributed by atoms with E-state index in [9.17, 15) is 4.39 Å². The maximum Gasteiger partial charge on any atom is 0.185 e. The number of aromatic nitrogens is 5. The third-order valence-electron chi connectivity index (χ3n) is 4.99. The lowest BCUT2D eigenvalue weighted by Gasteiger charge is -2.35. The largest absolute Gasteiger partial charge is 0.352 e. The van der Waals surface area contributed by atoms with Crippen LogP contribution in [-0.2, 0) is 7.05 Å². The minimum absolute atomic E-state index is 0.234. The summed E-state index contributed by atoms with van der Waals surface area (Å²) in [5.74, 6) is 0.701. The Bertz CT molecular complexity index is 1110. The molecule has 0 atom stereocenters. The number of halogens is 1. The molecule has 1 aromatic carbocycles. The van der Waals surface area contributed by atoms with Crippen molar-refractivity contribution in [2.24, 2.45) is 7.05 Å². The van der Waals surface area contributed by atoms with Gasteiger partial charge in [0.25, 0.3) is 0 Å². The topological polar surface area (TPSA) is 63.0 Å². The van der Waals surface area contributed by atoms with Crippen LogP contribution < -0.4 is 9.80 Å². The SMILES string of the molecule is Cn1ncc2c(N3CCN(c4nc(-c5ccc(F)cc5)cs4)CC3)ncnc21. The summed E-state index contributed by atoms with van der Waals surface area (Å²) in [4.78, 5) is 18.1. The van der Waals surface area contributed by atoms with Gasteiger partial charge in [0, 0.05) is 44.2 Å². The summed E-state index contributed by atoms with van der Waals surface area (Å²) < 4.78 is 14.9. The van der Waals surface area contributed by atoms with Gasteiger partial charge in [-0.3, -0.25) is 4.68 Å². The van der Waals surface area contributed by atoms with Gasteiger partial charge >= 0.3 is 0 Å². The molecule has 0 N–H and O–H groups in total. The van der Waals surface area contributed by atoms with Gasteiger partial charge in [0.2, 0.25) is 0 Å². The first-order valence-electron chi connectivity index (χ1n) is 9.03. The zero-order valence-corrected chi connectivity index (χ0v) is 16.1. The number of aryl methyl sites for hydroxylation is 1. The zero-order chi connectivity index (χ0) is 19.1. The highest BCUT2D eigenvalue weighted by Gasteiger charge is 2.22. The van der Waals surface area contributed by atoms with Crippen LogP contribution in [0.1, 0.15) is 0 Å². The Kier molecular flexibility index (Phi) is 4.16. The van der Waals surface area contributed by atoms with Gasteiger partial charge in [-0.1, -0.05) is 0 Å². The van der Waals surface area contributed by atoms with Crippen molar-refractivity contribution in [3.05, 3.63) is 48.0 Å². The van der Waals surface area contributed by atoms with Crippen molar-refractivity contribution in [3.63, 3.8) is 0 Å². The first kappa shape index (κ1) is 17.1. The van der Waals surface area contributed by atoms with Crippen LogP contribution in [0.5, 0.6) is 0 Å². The second-order valence-corrected chi connectivity index (χ2v) is 7.54. The molecule has 0 bridgehead atoms. The highest BCUT2D eigenvalue weighted by molar-refractivity contribution is 7.14. The molecule has 7 nitrogen and oxygen atoms in total. The lowest BCUT2D eigenvalue weighted by molar-refractivity contribution is 0.628. The summed E-state index contributed by atoms with van der Waals surface area (Å²) in [7, 11) is 1.89. The fourth-order valence-electron chi connectivity index (χ4n) is 3.47. The average molecular weight is 395 g/mol. The summed E-state index contributed by atoms with van der Waals surface area (Å²) >= 11 is 1.62. The van der Waals surface area contributed by atoms with E-state index in [1.807, 2.05) is 18.6 Å². The molecule has 3 aromatic heterocycles. The van der Waals surface area contributed by atoms with Crippen LogP contribution in [0.25, 0.3) is 22.3 Å². The number of fused-ring (bicyclic) bond motifs is 1. The standard InChI is InChI=1S/C19H18FN7S/c1-25-17-15(10-23-25)18(22-12-21-17)26-6-8-27(9-7-26)19-24-16(11-28-19)13-2-4-14(20)5-3-13/h2-5,10-12H,6-9H2,1H3. The highest BCUT2D eigenvalue weighted by Crippen LogP contribution is 2.29. The number of thiazole rings is 1. The minimum atomic E-state index is -0.234. The third-order valence-corrected chi connectivity index (χ3v) is 5.89. The van der Waals surface area contributed by atoms with Gasteiger partial charge in [-0.15, -0.1) is 11.3 Å². The van der Waals surface area contributed by atoms with Gasteiger partial charge in [-0.25, -0.2) is 19.3 Å². The van der Waals surface area contributed by atoms with Crippen LogP contribution in [0.15, 0.2) is 42.2 Å². The normalized spacial score (nSPS) is 14.8. The van der Waals surface area contributed by atoms with E-state index in [1.54, 1.807) is 34.5 Å². The second-order valence-electron chi connectivity index (χ2n) is 6.70. The van der Waals surface area contributed by atoms with Crippen molar-refractivity contribution in [2.45, 2.75) is 0 Å². The number of nitrogens with zero attached hydrogens (tertiary/aromatic N) is 7. The number of hydrogen-bond acceptors (Lipinski definition) is 7. The van der Waals surface area contributed by atoms with Gasteiger partial charge in [0.1, 0.15) is 18.0 Å². The number of hydrogen-bond donors (Lipinski definition) is 0. The molecule has 1 saturated heterocycles. The number of piperazine rings is 1. The molecule has 28 heavy (non-hydrogen) atoms. The van der Waals surface area contributed by atoms with Crippen LogP contribution in [0.2, 0.25) is 0 Å². The van der Waals surface area contributed by atoms with Crippen molar-refractivity contribution in [2.75, 3.05) is 36.0 Å². The molecule has 0 spiro atoms. The molecule has 0 aliphatic carbocycles. The van der Waals surface area contributed by atoms with E-state index in [4.69, 9.17) is 4.98 Å². The van der Waals surface area contributed by atoms with E-state index in [0.29, 0.717) is 0 Å². The van der Waals surface area contributed by atoms with Crippen molar-refractivity contribution in [1.29, 1.82) is 0 Å². The molecule has 5 rings (SSSR count). The molecule has 1 aliphatic heterocycles. The van der Waals surface area contributed by atoms with Gasteiger partial charge in [0.15, 0.2) is 10.8 Å². The van der Waals surface area contributed by atoms with E-state index >= 15 is 0 Å². The fraction of sp³-hybridized carbons (Fsp3) is 0.263. The van der Waals surface area contributed by atoms with Crippen LogP contribution in [0, 0.1) is 5.82 Å². The van der Waals surface area contributed by atoms with Crippen LogP contribution >= 0.6 is 11.3 Å². The summed E-state index contributed by atoms with van der Waals surface area (Å²) in [6.45, 7) is 3.43. The average Bonchev–Trinajstić information content (AvgIpc) is 3.36. The van der Waals surface area contributed by atoms with E-state index in [1.165, 1.54) is 12.1 Å². The Balaban J connectivity index is 1.31. The quantitative estimate of drug-likeness (QED) is 0.532. The first-order valence-corrected chi connectivity index (χ1v) is 9.91. The molecule has 0 saturated carbocycles. The lowest BCUT2D eigenvalue weighted by Crippen LogP contribution is -2.46. The van der Waals surface area contributed by atoms with Crippen molar-refractivity contribution in [3.8, 4) is 11.3 Å².